The van der Waals surface area contributed by atoms with Crippen molar-refractivity contribution in [2.75, 3.05) is 13.7 Å². The number of pyridine rings is 1. The first-order valence-electron chi connectivity index (χ1n) is 9.98. The predicted octanol–water partition coefficient (Wildman–Crippen LogP) is 1.62. The summed E-state index contributed by atoms with van der Waals surface area (Å²) in [4.78, 5) is 18.8. The number of sulfonamides is 1. The summed E-state index contributed by atoms with van der Waals surface area (Å²) in [6.45, 7) is 0.834. The smallest absolute Gasteiger partial charge is 0.241 e. The minimum absolute atomic E-state index is 0.0470. The maximum Gasteiger partial charge on any atom is 0.241 e. The number of amides is 1. The van der Waals surface area contributed by atoms with E-state index in [1.807, 2.05) is 24.3 Å². The predicted molar refractivity (Wildman–Crippen MR) is 121 cm³/mol. The van der Waals surface area contributed by atoms with E-state index < -0.39 is 16.1 Å². The van der Waals surface area contributed by atoms with E-state index in [9.17, 15) is 13.2 Å². The number of carbonyl (C=O) groups excluding carboxylic acids is 1. The van der Waals surface area contributed by atoms with Crippen LogP contribution in [0.1, 0.15) is 17.5 Å². The van der Waals surface area contributed by atoms with Gasteiger partial charge >= 0.3 is 0 Å². The Morgan fingerprint density at radius 2 is 2.06 bits per heavy atom. The molecule has 2 heterocycles. The quantitative estimate of drug-likeness (QED) is 0.318. The summed E-state index contributed by atoms with van der Waals surface area (Å²) >= 11 is 0. The molecule has 0 aliphatic carbocycles. The van der Waals surface area contributed by atoms with Crippen molar-refractivity contribution in [3.8, 4) is 5.88 Å². The van der Waals surface area contributed by atoms with Gasteiger partial charge in [0.15, 0.2) is 0 Å². The van der Waals surface area contributed by atoms with Crippen molar-refractivity contribution < 1.29 is 17.9 Å². The molecule has 4 rings (SSSR count). The molecule has 1 amide bonds. The van der Waals surface area contributed by atoms with Crippen molar-refractivity contribution in [2.24, 2.45) is 10.9 Å². The van der Waals surface area contributed by atoms with E-state index in [1.54, 1.807) is 23.1 Å². The fourth-order valence-electron chi connectivity index (χ4n) is 3.70. The minimum Gasteiger partial charge on any atom is -0.481 e. The van der Waals surface area contributed by atoms with Gasteiger partial charge in [-0.3, -0.25) is 4.79 Å². The standard InChI is InChI=1S/C22H23N5O4S/c1-31-21-8-6-17-5-7-18(12-20(17)25-21)32(29,30)26-19-9-10-27(22(19)28)14-16-4-2-3-15(11-16)13-24-23/h2-8,11-13,19,26H,9-10,14,23H2,1H3/t19-/m0/s1. The highest BCUT2D eigenvalue weighted by molar-refractivity contribution is 7.89. The summed E-state index contributed by atoms with van der Waals surface area (Å²) in [6, 6.07) is 14.8. The molecule has 1 aromatic heterocycles. The molecule has 0 radical (unpaired) electrons. The molecule has 9 nitrogen and oxygen atoms in total. The van der Waals surface area contributed by atoms with Gasteiger partial charge in [0.25, 0.3) is 0 Å². The number of ether oxygens (including phenoxy) is 1. The topological polar surface area (TPSA) is 127 Å². The van der Waals surface area contributed by atoms with Gasteiger partial charge in [-0.15, -0.1) is 0 Å². The van der Waals surface area contributed by atoms with Crippen molar-refractivity contribution in [1.82, 2.24) is 14.6 Å². The third-order valence-electron chi connectivity index (χ3n) is 5.30. The van der Waals surface area contributed by atoms with E-state index in [0.29, 0.717) is 30.9 Å². The highest BCUT2D eigenvalue weighted by Crippen LogP contribution is 2.22. The Kier molecular flexibility index (Phi) is 6.06. The highest BCUT2D eigenvalue weighted by Gasteiger charge is 2.35. The molecular weight excluding hydrogens is 430 g/mol. The van der Waals surface area contributed by atoms with Gasteiger partial charge in [-0.2, -0.15) is 9.82 Å². The van der Waals surface area contributed by atoms with Crippen LogP contribution in [0.5, 0.6) is 5.88 Å². The van der Waals surface area contributed by atoms with Gasteiger partial charge in [0.2, 0.25) is 21.8 Å². The molecule has 3 N–H and O–H groups in total. The summed E-state index contributed by atoms with van der Waals surface area (Å²) in [5.41, 5.74) is 2.23. The average Bonchev–Trinajstić information content (AvgIpc) is 3.12. The Balaban J connectivity index is 1.48. The molecule has 32 heavy (non-hydrogen) atoms. The molecule has 10 heteroatoms. The number of rotatable bonds is 7. The number of aromatic nitrogens is 1. The number of nitrogens with two attached hydrogens (primary N) is 1. The number of nitrogens with one attached hydrogen (secondary N) is 1. The molecule has 166 valence electrons. The number of hydrogen-bond acceptors (Lipinski definition) is 7. The van der Waals surface area contributed by atoms with Crippen LogP contribution in [-0.4, -0.2) is 50.1 Å². The lowest BCUT2D eigenvalue weighted by Gasteiger charge is -2.17. The van der Waals surface area contributed by atoms with E-state index in [2.05, 4.69) is 14.8 Å². The van der Waals surface area contributed by atoms with Crippen LogP contribution in [0.4, 0.5) is 0 Å². The molecule has 0 saturated carbocycles. The Morgan fingerprint density at radius 1 is 1.25 bits per heavy atom. The lowest BCUT2D eigenvalue weighted by molar-refractivity contribution is -0.129. The molecule has 1 saturated heterocycles. The maximum atomic E-state index is 12.9. The molecule has 1 aliphatic rings. The second-order valence-corrected chi connectivity index (χ2v) is 9.17. The molecule has 2 aromatic carbocycles. The van der Waals surface area contributed by atoms with Gasteiger partial charge in [-0.25, -0.2) is 13.4 Å². The highest BCUT2D eigenvalue weighted by atomic mass is 32.2. The first-order chi connectivity index (χ1) is 15.4. The van der Waals surface area contributed by atoms with Crippen LogP contribution in [0, 0.1) is 0 Å². The second kappa shape index (κ2) is 8.93. The Morgan fingerprint density at radius 3 is 2.84 bits per heavy atom. The number of nitrogens with zero attached hydrogens (tertiary/aromatic N) is 3. The van der Waals surface area contributed by atoms with Crippen LogP contribution in [0.25, 0.3) is 10.9 Å². The third kappa shape index (κ3) is 4.56. The van der Waals surface area contributed by atoms with Crippen LogP contribution in [0.2, 0.25) is 0 Å². The average molecular weight is 454 g/mol. The van der Waals surface area contributed by atoms with Gasteiger partial charge in [0.05, 0.1) is 23.7 Å². The van der Waals surface area contributed by atoms with E-state index >= 15 is 0 Å². The molecule has 1 aliphatic heterocycles. The van der Waals surface area contributed by atoms with Gasteiger partial charge in [-0.1, -0.05) is 24.3 Å². The third-order valence-corrected chi connectivity index (χ3v) is 6.77. The number of benzene rings is 2. The van der Waals surface area contributed by atoms with E-state index in [4.69, 9.17) is 10.6 Å². The van der Waals surface area contributed by atoms with E-state index in [0.717, 1.165) is 16.5 Å². The summed E-state index contributed by atoms with van der Waals surface area (Å²) in [6.07, 6.45) is 1.92. The zero-order valence-corrected chi connectivity index (χ0v) is 18.2. The summed E-state index contributed by atoms with van der Waals surface area (Å²) < 4.78 is 33.5. The molecule has 1 atom stereocenters. The van der Waals surface area contributed by atoms with Crippen molar-refractivity contribution in [1.29, 1.82) is 0 Å². The zero-order valence-electron chi connectivity index (χ0n) is 17.4. The van der Waals surface area contributed by atoms with Crippen LogP contribution in [0.15, 0.2) is 64.6 Å². The molecule has 3 aromatic rings. The molecule has 0 spiro atoms. The fourth-order valence-corrected chi connectivity index (χ4v) is 4.94. The van der Waals surface area contributed by atoms with Crippen molar-refractivity contribution in [2.45, 2.75) is 23.9 Å². The van der Waals surface area contributed by atoms with Gasteiger partial charge < -0.3 is 15.5 Å². The zero-order chi connectivity index (χ0) is 22.7. The number of hydrazone groups is 1. The van der Waals surface area contributed by atoms with Crippen molar-refractivity contribution in [3.63, 3.8) is 0 Å². The summed E-state index contributed by atoms with van der Waals surface area (Å²) in [5.74, 6) is 5.33. The molecule has 0 unspecified atom stereocenters. The van der Waals surface area contributed by atoms with Gasteiger partial charge in [0.1, 0.15) is 6.04 Å². The van der Waals surface area contributed by atoms with Gasteiger partial charge in [0, 0.05) is 24.5 Å². The van der Waals surface area contributed by atoms with E-state index in [1.165, 1.54) is 25.5 Å². The van der Waals surface area contributed by atoms with Crippen LogP contribution in [0.3, 0.4) is 0 Å². The summed E-state index contributed by atoms with van der Waals surface area (Å²) in [7, 11) is -2.41. The minimum atomic E-state index is -3.91. The Labute approximate surface area is 185 Å². The second-order valence-electron chi connectivity index (χ2n) is 7.45. The van der Waals surface area contributed by atoms with E-state index in [-0.39, 0.29) is 10.8 Å². The Hall–Kier alpha value is -3.50. The Bertz CT molecular complexity index is 1290. The maximum absolute atomic E-state index is 12.9. The number of methoxy groups -OCH3 is 1. The molecule has 0 bridgehead atoms. The number of fused-ring (bicyclic) bond motifs is 1. The van der Waals surface area contributed by atoms with Crippen LogP contribution < -0.4 is 15.3 Å². The van der Waals surface area contributed by atoms with Crippen molar-refractivity contribution >= 4 is 33.0 Å². The van der Waals surface area contributed by atoms with Gasteiger partial charge in [-0.05, 0) is 41.8 Å². The summed E-state index contributed by atoms with van der Waals surface area (Å²) in [5, 5.41) is 4.30. The number of likely N-dealkylation sites (tertiary alicyclic amines) is 1. The first kappa shape index (κ1) is 21.7. The SMILES string of the molecule is COc1ccc2ccc(S(=O)(=O)N[C@H]3CCN(Cc4cccc(C=NN)c4)C3=O)cc2n1. The largest absolute Gasteiger partial charge is 0.481 e. The number of carbonyl (C=O) groups is 1. The molecule has 1 fully saturated rings. The first-order valence-corrected chi connectivity index (χ1v) is 11.5. The molecular formula is C22H23N5O4S. The lowest BCUT2D eigenvalue weighted by Crippen LogP contribution is -2.41. The van der Waals surface area contributed by atoms with Crippen LogP contribution in [-0.2, 0) is 21.4 Å². The monoisotopic (exact) mass is 453 g/mol. The van der Waals surface area contributed by atoms with Crippen LogP contribution >= 0.6 is 0 Å². The fraction of sp³-hybridized carbons (Fsp3) is 0.227. The van der Waals surface area contributed by atoms with Crippen molar-refractivity contribution in [3.05, 3.63) is 65.7 Å². The lowest BCUT2D eigenvalue weighted by atomic mass is 10.1. The normalized spacial score (nSPS) is 16.8. The number of hydrogen-bond donors (Lipinski definition) is 2.